The number of hydrogen-bond donors (Lipinski definition) is 1. The number of methoxy groups -OCH3 is 1. The molecule has 1 aromatic carbocycles. The predicted octanol–water partition coefficient (Wildman–Crippen LogP) is 3.39. The maximum Gasteiger partial charge on any atom is 0.162 e. The molecule has 5 heteroatoms. The molecule has 0 saturated carbocycles. The number of thioether (sulfide) groups is 1. The van der Waals surface area contributed by atoms with E-state index in [0.717, 1.165) is 17.2 Å². The van der Waals surface area contributed by atoms with Crippen LogP contribution < -0.4 is 5.32 Å². The summed E-state index contributed by atoms with van der Waals surface area (Å²) >= 11 is 1.75. The Hall–Kier alpha value is -1.30. The van der Waals surface area contributed by atoms with Crippen molar-refractivity contribution in [3.63, 3.8) is 0 Å². The maximum atomic E-state index is 5.16. The summed E-state index contributed by atoms with van der Waals surface area (Å²) in [6.45, 7) is 2.61. The molecular formula is C15H20N2O2S. The topological polar surface area (TPSA) is 47.3 Å². The second kappa shape index (κ2) is 7.47. The number of aromatic nitrogens is 1. The first-order chi connectivity index (χ1) is 9.72. The number of nitrogens with zero attached hydrogens (tertiary/aromatic N) is 1. The van der Waals surface area contributed by atoms with Gasteiger partial charge in [0, 0.05) is 29.9 Å². The molecule has 20 heavy (non-hydrogen) atoms. The molecule has 2 rings (SSSR count). The fourth-order valence-corrected chi connectivity index (χ4v) is 2.59. The molecule has 0 spiro atoms. The second-order valence-electron chi connectivity index (χ2n) is 4.59. The number of nitrogens with one attached hydrogen (secondary N) is 1. The molecule has 0 fully saturated rings. The zero-order valence-corrected chi connectivity index (χ0v) is 12.9. The van der Waals surface area contributed by atoms with Crippen molar-refractivity contribution in [1.82, 2.24) is 10.5 Å². The van der Waals surface area contributed by atoms with Gasteiger partial charge >= 0.3 is 0 Å². The van der Waals surface area contributed by atoms with E-state index in [1.54, 1.807) is 18.9 Å². The monoisotopic (exact) mass is 292 g/mol. The van der Waals surface area contributed by atoms with Gasteiger partial charge in [0.2, 0.25) is 0 Å². The quantitative estimate of drug-likeness (QED) is 0.793. The predicted molar refractivity (Wildman–Crippen MR) is 80.7 cm³/mol. The molecule has 2 aromatic rings. The van der Waals surface area contributed by atoms with Crippen LogP contribution >= 0.6 is 11.8 Å². The van der Waals surface area contributed by atoms with Crippen LogP contribution in [-0.4, -0.2) is 19.3 Å². The molecule has 1 N–H and O–H groups in total. The lowest BCUT2D eigenvalue weighted by Crippen LogP contribution is -2.11. The van der Waals surface area contributed by atoms with Crippen LogP contribution in [0.1, 0.15) is 30.0 Å². The number of ether oxygens (including phenoxy) is 1. The van der Waals surface area contributed by atoms with Gasteiger partial charge in [0.25, 0.3) is 0 Å². The lowest BCUT2D eigenvalue weighted by Gasteiger charge is -2.10. The third-order valence-corrected chi connectivity index (χ3v) is 4.14. The smallest absolute Gasteiger partial charge is 0.162 e. The summed E-state index contributed by atoms with van der Waals surface area (Å²) < 4.78 is 10.2. The summed E-state index contributed by atoms with van der Waals surface area (Å²) in [5.41, 5.74) is 2.23. The van der Waals surface area contributed by atoms with Gasteiger partial charge in [-0.15, -0.1) is 11.8 Å². The Balaban J connectivity index is 1.89. The van der Waals surface area contributed by atoms with E-state index in [9.17, 15) is 0 Å². The highest BCUT2D eigenvalue weighted by molar-refractivity contribution is 7.98. The largest absolute Gasteiger partial charge is 0.377 e. The van der Waals surface area contributed by atoms with Crippen molar-refractivity contribution in [2.24, 2.45) is 0 Å². The van der Waals surface area contributed by atoms with Crippen LogP contribution in [0, 0.1) is 0 Å². The van der Waals surface area contributed by atoms with Gasteiger partial charge in [-0.05, 0) is 31.7 Å². The van der Waals surface area contributed by atoms with Gasteiger partial charge in [0.05, 0.1) is 5.69 Å². The highest BCUT2D eigenvalue weighted by atomic mass is 32.2. The summed E-state index contributed by atoms with van der Waals surface area (Å²) in [6, 6.07) is 10.9. The minimum absolute atomic E-state index is 0.376. The Labute approximate surface area is 123 Å². The van der Waals surface area contributed by atoms with Crippen molar-refractivity contribution in [3.8, 4) is 0 Å². The van der Waals surface area contributed by atoms with Crippen molar-refractivity contribution in [3.05, 3.63) is 47.3 Å². The summed E-state index contributed by atoms with van der Waals surface area (Å²) in [6.07, 6.45) is 0. The summed E-state index contributed by atoms with van der Waals surface area (Å²) in [5, 5.41) is 7.26. The Kier molecular flexibility index (Phi) is 5.64. The molecule has 1 heterocycles. The lowest BCUT2D eigenvalue weighted by molar-refractivity contribution is 0.156. The first kappa shape index (κ1) is 15.1. The van der Waals surface area contributed by atoms with Gasteiger partial charge in [-0.2, -0.15) is 0 Å². The van der Waals surface area contributed by atoms with Crippen LogP contribution in [0.25, 0.3) is 0 Å². The fraction of sp³-hybridized carbons (Fsp3) is 0.400. The van der Waals surface area contributed by atoms with Crippen LogP contribution in [0.4, 0.5) is 0 Å². The molecule has 4 nitrogen and oxygen atoms in total. The van der Waals surface area contributed by atoms with Gasteiger partial charge in [-0.25, -0.2) is 0 Å². The third-order valence-electron chi connectivity index (χ3n) is 3.09. The van der Waals surface area contributed by atoms with E-state index in [1.165, 1.54) is 10.5 Å². The molecule has 0 aliphatic carbocycles. The lowest BCUT2D eigenvalue weighted by atomic mass is 10.1. The van der Waals surface area contributed by atoms with Gasteiger partial charge in [0.15, 0.2) is 5.76 Å². The minimum Gasteiger partial charge on any atom is -0.377 e. The Bertz CT molecular complexity index is 525. The van der Waals surface area contributed by atoms with Crippen molar-refractivity contribution >= 4 is 11.8 Å². The Morgan fingerprint density at radius 1 is 1.35 bits per heavy atom. The zero-order chi connectivity index (χ0) is 14.4. The van der Waals surface area contributed by atoms with E-state index in [0.29, 0.717) is 12.6 Å². The number of hydrogen-bond acceptors (Lipinski definition) is 5. The highest BCUT2D eigenvalue weighted by Crippen LogP contribution is 2.24. The van der Waals surface area contributed by atoms with Crippen molar-refractivity contribution in [2.75, 3.05) is 14.2 Å². The summed E-state index contributed by atoms with van der Waals surface area (Å²) in [4.78, 5) is 1.23. The standard InChI is InChI=1S/C15H20N2O2S/c1-11(16-2)12-4-6-15(7-5-12)20-10-13-8-14(9-18-3)19-17-13/h4-8,11,16H,9-10H2,1-3H3. The molecule has 0 aliphatic heterocycles. The van der Waals surface area contributed by atoms with Gasteiger partial charge < -0.3 is 14.6 Å². The highest BCUT2D eigenvalue weighted by Gasteiger charge is 2.06. The van der Waals surface area contributed by atoms with Crippen LogP contribution in [0.2, 0.25) is 0 Å². The number of benzene rings is 1. The van der Waals surface area contributed by atoms with E-state index in [1.807, 2.05) is 13.1 Å². The van der Waals surface area contributed by atoms with Crippen LogP contribution in [-0.2, 0) is 17.1 Å². The molecule has 0 aliphatic rings. The first-order valence-corrected chi connectivity index (χ1v) is 7.55. The minimum atomic E-state index is 0.376. The average Bonchev–Trinajstić information content (AvgIpc) is 2.93. The van der Waals surface area contributed by atoms with Gasteiger partial charge in [-0.3, -0.25) is 0 Å². The van der Waals surface area contributed by atoms with Crippen LogP contribution in [0.5, 0.6) is 0 Å². The van der Waals surface area contributed by atoms with E-state index in [2.05, 4.69) is 41.7 Å². The average molecular weight is 292 g/mol. The molecular weight excluding hydrogens is 272 g/mol. The van der Waals surface area contributed by atoms with Gasteiger partial charge in [-0.1, -0.05) is 17.3 Å². The van der Waals surface area contributed by atoms with Crippen molar-refractivity contribution in [1.29, 1.82) is 0 Å². The van der Waals surface area contributed by atoms with E-state index in [4.69, 9.17) is 9.26 Å². The molecule has 0 radical (unpaired) electrons. The first-order valence-electron chi connectivity index (χ1n) is 6.56. The van der Waals surface area contributed by atoms with E-state index >= 15 is 0 Å². The van der Waals surface area contributed by atoms with E-state index < -0.39 is 0 Å². The fourth-order valence-electron chi connectivity index (χ4n) is 1.81. The molecule has 0 saturated heterocycles. The summed E-state index contributed by atoms with van der Waals surface area (Å²) in [5.74, 6) is 1.56. The second-order valence-corrected chi connectivity index (χ2v) is 5.63. The number of rotatable bonds is 7. The van der Waals surface area contributed by atoms with Crippen LogP contribution in [0.3, 0.4) is 0 Å². The molecule has 1 unspecified atom stereocenters. The van der Waals surface area contributed by atoms with Crippen LogP contribution in [0.15, 0.2) is 39.8 Å². The third kappa shape index (κ3) is 4.10. The summed E-state index contributed by atoms with van der Waals surface area (Å²) in [7, 11) is 3.61. The molecule has 108 valence electrons. The Morgan fingerprint density at radius 2 is 2.10 bits per heavy atom. The van der Waals surface area contributed by atoms with Crippen molar-refractivity contribution < 1.29 is 9.26 Å². The zero-order valence-electron chi connectivity index (χ0n) is 12.1. The molecule has 1 atom stereocenters. The normalized spacial score (nSPS) is 12.6. The van der Waals surface area contributed by atoms with E-state index in [-0.39, 0.29) is 0 Å². The molecule has 0 amide bonds. The molecule has 0 bridgehead atoms. The SMILES string of the molecule is CNC(C)c1ccc(SCc2cc(COC)on2)cc1. The Morgan fingerprint density at radius 3 is 2.75 bits per heavy atom. The molecule has 1 aromatic heterocycles. The van der Waals surface area contributed by atoms with Crippen molar-refractivity contribution in [2.45, 2.75) is 30.2 Å². The maximum absolute atomic E-state index is 5.16. The van der Waals surface area contributed by atoms with Gasteiger partial charge in [0.1, 0.15) is 6.61 Å².